The maximum Gasteiger partial charge on any atom is 0.219 e. The lowest BCUT2D eigenvalue weighted by molar-refractivity contribution is 0.172. The van der Waals surface area contributed by atoms with Crippen LogP contribution in [0.4, 0.5) is 10.1 Å². The van der Waals surface area contributed by atoms with Gasteiger partial charge in [-0.05, 0) is 42.0 Å². The minimum absolute atomic E-state index is 0.310. The zero-order valence-corrected chi connectivity index (χ0v) is 18.2. The Morgan fingerprint density at radius 2 is 1.88 bits per heavy atom. The molecule has 0 fully saturated rings. The van der Waals surface area contributed by atoms with Gasteiger partial charge in [0, 0.05) is 57.7 Å². The van der Waals surface area contributed by atoms with E-state index in [4.69, 9.17) is 14.2 Å². The SMILES string of the molecule is CN=C(NCc1ccc(Oc2ccc(F)cc2)nc1)Nc1cccc(OCCCOC)c1. The van der Waals surface area contributed by atoms with Crippen molar-refractivity contribution in [1.82, 2.24) is 10.3 Å². The molecule has 0 atom stereocenters. The van der Waals surface area contributed by atoms with E-state index in [-0.39, 0.29) is 5.82 Å². The summed E-state index contributed by atoms with van der Waals surface area (Å²) in [6.45, 7) is 1.79. The molecule has 0 aliphatic rings. The highest BCUT2D eigenvalue weighted by atomic mass is 19.1. The Bertz CT molecular complexity index is 995. The number of guanidine groups is 1. The third kappa shape index (κ3) is 7.55. The molecule has 0 amide bonds. The van der Waals surface area contributed by atoms with Crippen molar-refractivity contribution in [3.63, 3.8) is 0 Å². The lowest BCUT2D eigenvalue weighted by atomic mass is 10.3. The molecular formula is C24H27FN4O3. The highest BCUT2D eigenvalue weighted by molar-refractivity contribution is 5.93. The number of hydrogen-bond acceptors (Lipinski definition) is 5. The fourth-order valence-electron chi connectivity index (χ4n) is 2.76. The molecule has 168 valence electrons. The summed E-state index contributed by atoms with van der Waals surface area (Å²) in [4.78, 5) is 8.55. The van der Waals surface area contributed by atoms with Crippen LogP contribution in [-0.4, -0.2) is 38.3 Å². The molecule has 0 saturated carbocycles. The van der Waals surface area contributed by atoms with Crippen LogP contribution in [0, 0.1) is 5.82 Å². The molecule has 0 aliphatic heterocycles. The van der Waals surface area contributed by atoms with Crippen molar-refractivity contribution in [2.24, 2.45) is 4.99 Å². The fraction of sp³-hybridized carbons (Fsp3) is 0.250. The molecule has 0 spiro atoms. The van der Waals surface area contributed by atoms with Crippen molar-refractivity contribution in [3.05, 3.63) is 78.2 Å². The first-order valence-corrected chi connectivity index (χ1v) is 10.2. The van der Waals surface area contributed by atoms with Crippen LogP contribution in [0.1, 0.15) is 12.0 Å². The van der Waals surface area contributed by atoms with Crippen molar-refractivity contribution >= 4 is 11.6 Å². The van der Waals surface area contributed by atoms with Crippen molar-refractivity contribution in [1.29, 1.82) is 0 Å². The molecular weight excluding hydrogens is 411 g/mol. The molecule has 2 N–H and O–H groups in total. The van der Waals surface area contributed by atoms with E-state index in [1.165, 1.54) is 12.1 Å². The zero-order valence-electron chi connectivity index (χ0n) is 18.2. The van der Waals surface area contributed by atoms with Gasteiger partial charge >= 0.3 is 0 Å². The first kappa shape index (κ1) is 23.0. The van der Waals surface area contributed by atoms with Gasteiger partial charge in [0.15, 0.2) is 5.96 Å². The highest BCUT2D eigenvalue weighted by Gasteiger charge is 2.04. The van der Waals surface area contributed by atoms with E-state index in [1.807, 2.05) is 30.3 Å². The molecule has 0 bridgehead atoms. The topological polar surface area (TPSA) is 77.0 Å². The number of nitrogens with one attached hydrogen (secondary N) is 2. The molecule has 7 nitrogen and oxygen atoms in total. The summed E-state index contributed by atoms with van der Waals surface area (Å²) in [5, 5.41) is 6.50. The number of aliphatic imine (C=N–C) groups is 1. The average Bonchev–Trinajstić information content (AvgIpc) is 2.82. The van der Waals surface area contributed by atoms with Gasteiger partial charge in [-0.25, -0.2) is 9.37 Å². The van der Waals surface area contributed by atoms with E-state index in [2.05, 4.69) is 20.6 Å². The molecule has 1 heterocycles. The molecule has 3 rings (SSSR count). The van der Waals surface area contributed by atoms with Crippen LogP contribution in [0.15, 0.2) is 71.9 Å². The fourth-order valence-corrected chi connectivity index (χ4v) is 2.76. The zero-order chi connectivity index (χ0) is 22.6. The number of halogens is 1. The van der Waals surface area contributed by atoms with Gasteiger partial charge in [0.2, 0.25) is 5.88 Å². The van der Waals surface area contributed by atoms with E-state index in [1.54, 1.807) is 38.6 Å². The smallest absolute Gasteiger partial charge is 0.219 e. The van der Waals surface area contributed by atoms with Crippen molar-refractivity contribution in [3.8, 4) is 17.4 Å². The second-order valence-electron chi connectivity index (χ2n) is 6.83. The number of pyridine rings is 1. The van der Waals surface area contributed by atoms with Crippen LogP contribution in [0.25, 0.3) is 0 Å². The Kier molecular flexibility index (Phi) is 8.82. The first-order chi connectivity index (χ1) is 15.7. The molecule has 2 aromatic carbocycles. The van der Waals surface area contributed by atoms with Gasteiger partial charge in [-0.3, -0.25) is 4.99 Å². The Morgan fingerprint density at radius 3 is 2.59 bits per heavy atom. The average molecular weight is 439 g/mol. The highest BCUT2D eigenvalue weighted by Crippen LogP contribution is 2.20. The minimum Gasteiger partial charge on any atom is -0.493 e. The number of ether oxygens (including phenoxy) is 3. The van der Waals surface area contributed by atoms with Crippen molar-refractivity contribution < 1.29 is 18.6 Å². The maximum atomic E-state index is 13.0. The lowest BCUT2D eigenvalue weighted by Crippen LogP contribution is -2.30. The van der Waals surface area contributed by atoms with Gasteiger partial charge in [-0.1, -0.05) is 12.1 Å². The Morgan fingerprint density at radius 1 is 1.03 bits per heavy atom. The largest absolute Gasteiger partial charge is 0.493 e. The number of nitrogens with zero attached hydrogens (tertiary/aromatic N) is 2. The summed E-state index contributed by atoms with van der Waals surface area (Å²) in [6, 6.07) is 17.2. The van der Waals surface area contributed by atoms with Crippen LogP contribution in [-0.2, 0) is 11.3 Å². The van der Waals surface area contributed by atoms with Crippen molar-refractivity contribution in [2.75, 3.05) is 32.7 Å². The summed E-state index contributed by atoms with van der Waals surface area (Å²) in [5.74, 6) is 2.05. The quantitative estimate of drug-likeness (QED) is 0.273. The number of anilines is 1. The van der Waals surface area contributed by atoms with Gasteiger partial charge in [0.05, 0.1) is 6.61 Å². The van der Waals surface area contributed by atoms with Crippen LogP contribution in [0.3, 0.4) is 0 Å². The van der Waals surface area contributed by atoms with Crippen LogP contribution in [0.5, 0.6) is 17.4 Å². The Hall–Kier alpha value is -3.65. The monoisotopic (exact) mass is 438 g/mol. The number of hydrogen-bond donors (Lipinski definition) is 2. The first-order valence-electron chi connectivity index (χ1n) is 10.2. The van der Waals surface area contributed by atoms with E-state index in [0.717, 1.165) is 23.4 Å². The van der Waals surface area contributed by atoms with E-state index in [0.29, 0.717) is 37.3 Å². The number of rotatable bonds is 10. The standard InChI is InChI=1S/C24H27FN4O3/c1-26-24(29-20-5-3-6-22(15-20)31-14-4-13-30-2)28-17-18-7-12-23(27-16-18)32-21-10-8-19(25)9-11-21/h3,5-12,15-16H,4,13-14,17H2,1-2H3,(H2,26,28,29). The third-order valence-electron chi connectivity index (χ3n) is 4.38. The summed E-state index contributed by atoms with van der Waals surface area (Å²) in [5.41, 5.74) is 1.82. The molecule has 0 saturated heterocycles. The van der Waals surface area contributed by atoms with Gasteiger partial charge in [-0.15, -0.1) is 0 Å². The minimum atomic E-state index is -0.310. The second kappa shape index (κ2) is 12.3. The maximum absolute atomic E-state index is 13.0. The lowest BCUT2D eigenvalue weighted by Gasteiger charge is -2.13. The Balaban J connectivity index is 1.49. The summed E-state index contributed by atoms with van der Waals surface area (Å²) in [6.07, 6.45) is 2.55. The molecule has 0 radical (unpaired) electrons. The van der Waals surface area contributed by atoms with Gasteiger partial charge in [0.25, 0.3) is 0 Å². The van der Waals surface area contributed by atoms with E-state index in [9.17, 15) is 4.39 Å². The predicted octanol–water partition coefficient (Wildman–Crippen LogP) is 4.62. The molecule has 0 unspecified atom stereocenters. The van der Waals surface area contributed by atoms with Crippen LogP contribution < -0.4 is 20.1 Å². The van der Waals surface area contributed by atoms with E-state index < -0.39 is 0 Å². The normalized spacial score (nSPS) is 11.2. The predicted molar refractivity (Wildman–Crippen MR) is 123 cm³/mol. The van der Waals surface area contributed by atoms with Gasteiger partial charge in [0.1, 0.15) is 17.3 Å². The molecule has 0 aliphatic carbocycles. The van der Waals surface area contributed by atoms with E-state index >= 15 is 0 Å². The summed E-state index contributed by atoms with van der Waals surface area (Å²) in [7, 11) is 3.38. The third-order valence-corrected chi connectivity index (χ3v) is 4.38. The van der Waals surface area contributed by atoms with Gasteiger partial charge < -0.3 is 24.8 Å². The Labute approximate surface area is 187 Å². The molecule has 32 heavy (non-hydrogen) atoms. The molecule has 8 heteroatoms. The van der Waals surface area contributed by atoms with Gasteiger partial charge in [-0.2, -0.15) is 0 Å². The number of benzene rings is 2. The number of aromatic nitrogens is 1. The van der Waals surface area contributed by atoms with Crippen LogP contribution in [0.2, 0.25) is 0 Å². The molecule has 1 aromatic heterocycles. The number of methoxy groups -OCH3 is 1. The summed E-state index contributed by atoms with van der Waals surface area (Å²) >= 11 is 0. The van der Waals surface area contributed by atoms with Crippen LogP contribution >= 0.6 is 0 Å². The second-order valence-corrected chi connectivity index (χ2v) is 6.83. The summed E-state index contributed by atoms with van der Waals surface area (Å²) < 4.78 is 29.4. The molecule has 3 aromatic rings. The van der Waals surface area contributed by atoms with Crippen molar-refractivity contribution in [2.45, 2.75) is 13.0 Å².